The predicted octanol–water partition coefficient (Wildman–Crippen LogP) is 2.75. The Morgan fingerprint density at radius 3 is 2.83 bits per heavy atom. The Labute approximate surface area is 73.7 Å². The molecule has 0 aliphatic rings. The second-order valence-corrected chi connectivity index (χ2v) is 2.66. The van der Waals surface area contributed by atoms with E-state index in [1.165, 1.54) is 18.2 Å². The summed E-state index contributed by atoms with van der Waals surface area (Å²) < 4.78 is 12.8. The third-order valence-electron chi connectivity index (χ3n) is 1.32. The maximum atomic E-state index is 12.8. The Balaban J connectivity index is 3.36. The van der Waals surface area contributed by atoms with Crippen LogP contribution in [0.2, 0.25) is 5.02 Å². The maximum Gasteiger partial charge on any atom is 0.240 e. The Hall–Kier alpha value is -1.18. The molecule has 0 aliphatic carbocycles. The van der Waals surface area contributed by atoms with Crippen LogP contribution < -0.4 is 0 Å². The summed E-state index contributed by atoms with van der Waals surface area (Å²) in [7, 11) is 0. The molecule has 2 nitrogen and oxygen atoms in total. The van der Waals surface area contributed by atoms with Crippen LogP contribution in [0.15, 0.2) is 17.1 Å². The van der Waals surface area contributed by atoms with E-state index < -0.39 is 5.82 Å². The van der Waals surface area contributed by atoms with Crippen molar-refractivity contribution in [3.63, 3.8) is 0 Å². The molecule has 0 saturated carbocycles. The lowest BCUT2D eigenvalue weighted by molar-refractivity contribution is 0.565. The third kappa shape index (κ3) is 1.70. The molecule has 0 aromatic heterocycles. The van der Waals surface area contributed by atoms with Crippen molar-refractivity contribution in [2.24, 2.45) is 4.99 Å². The van der Waals surface area contributed by atoms with E-state index in [0.717, 1.165) is 0 Å². The molecular weight excluding hydrogens is 181 g/mol. The van der Waals surface area contributed by atoms with Gasteiger partial charge in [-0.3, -0.25) is 0 Å². The Kier molecular flexibility index (Phi) is 2.58. The molecule has 0 bridgehead atoms. The van der Waals surface area contributed by atoms with E-state index in [-0.39, 0.29) is 10.7 Å². The highest BCUT2D eigenvalue weighted by Gasteiger charge is 2.05. The molecule has 0 fully saturated rings. The molecule has 62 valence electrons. The summed E-state index contributed by atoms with van der Waals surface area (Å²) in [6.45, 7) is 1.68. The standard InChI is InChI=1S/C8H5ClFNO/c1-5-2-6(10)8(9)7(3-5)11-4-12/h2-3H,1H3. The average molecular weight is 186 g/mol. The van der Waals surface area contributed by atoms with Gasteiger partial charge < -0.3 is 0 Å². The fraction of sp³-hybridized carbons (Fsp3) is 0.125. The predicted molar refractivity (Wildman–Crippen MR) is 43.9 cm³/mol. The van der Waals surface area contributed by atoms with Crippen LogP contribution in [0, 0.1) is 12.7 Å². The average Bonchev–Trinajstić information content (AvgIpc) is 2.00. The second-order valence-electron chi connectivity index (χ2n) is 2.28. The van der Waals surface area contributed by atoms with Gasteiger partial charge in [0, 0.05) is 0 Å². The molecule has 0 saturated heterocycles. The first kappa shape index (κ1) is 8.91. The van der Waals surface area contributed by atoms with Gasteiger partial charge in [0.25, 0.3) is 0 Å². The zero-order valence-corrected chi connectivity index (χ0v) is 7.02. The summed E-state index contributed by atoms with van der Waals surface area (Å²) in [6.07, 6.45) is 1.30. The van der Waals surface area contributed by atoms with Gasteiger partial charge in [-0.1, -0.05) is 11.6 Å². The molecule has 0 amide bonds. The minimum Gasteiger partial charge on any atom is -0.211 e. The van der Waals surface area contributed by atoms with Crippen LogP contribution in [0.4, 0.5) is 10.1 Å². The topological polar surface area (TPSA) is 29.4 Å². The molecule has 4 heteroatoms. The van der Waals surface area contributed by atoms with Gasteiger partial charge in [-0.05, 0) is 24.6 Å². The van der Waals surface area contributed by atoms with Crippen molar-refractivity contribution in [1.82, 2.24) is 0 Å². The molecule has 0 aliphatic heterocycles. The number of aryl methyl sites for hydroxylation is 1. The first-order chi connectivity index (χ1) is 5.65. The number of carbonyl (C=O) groups excluding carboxylic acids is 1. The lowest BCUT2D eigenvalue weighted by Gasteiger charge is -1.98. The van der Waals surface area contributed by atoms with Gasteiger partial charge in [0.05, 0.1) is 5.69 Å². The first-order valence-corrected chi connectivity index (χ1v) is 3.56. The molecule has 0 radical (unpaired) electrons. The normalized spacial score (nSPS) is 9.25. The van der Waals surface area contributed by atoms with Crippen LogP contribution in [0.1, 0.15) is 5.56 Å². The Morgan fingerprint density at radius 1 is 1.58 bits per heavy atom. The molecule has 0 spiro atoms. The van der Waals surface area contributed by atoms with E-state index in [9.17, 15) is 9.18 Å². The third-order valence-corrected chi connectivity index (χ3v) is 1.69. The van der Waals surface area contributed by atoms with Crippen molar-refractivity contribution in [2.45, 2.75) is 6.92 Å². The van der Waals surface area contributed by atoms with Crippen molar-refractivity contribution in [2.75, 3.05) is 0 Å². The number of benzene rings is 1. The lowest BCUT2D eigenvalue weighted by atomic mass is 10.2. The van der Waals surface area contributed by atoms with E-state index in [4.69, 9.17) is 11.6 Å². The van der Waals surface area contributed by atoms with Crippen LogP contribution in [-0.4, -0.2) is 6.08 Å². The molecule has 1 aromatic rings. The highest BCUT2D eigenvalue weighted by Crippen LogP contribution is 2.28. The second kappa shape index (κ2) is 3.48. The SMILES string of the molecule is Cc1cc(F)c(Cl)c(N=C=O)c1. The Bertz CT molecular complexity index is 358. The Morgan fingerprint density at radius 2 is 2.25 bits per heavy atom. The quantitative estimate of drug-likeness (QED) is 0.489. The molecule has 0 unspecified atom stereocenters. The van der Waals surface area contributed by atoms with Gasteiger partial charge in [-0.2, -0.15) is 4.99 Å². The largest absolute Gasteiger partial charge is 0.240 e. The lowest BCUT2D eigenvalue weighted by Crippen LogP contribution is -1.80. The van der Waals surface area contributed by atoms with Crippen molar-refractivity contribution < 1.29 is 9.18 Å². The molecule has 12 heavy (non-hydrogen) atoms. The number of nitrogens with zero attached hydrogens (tertiary/aromatic N) is 1. The highest BCUT2D eigenvalue weighted by atomic mass is 35.5. The number of hydrogen-bond acceptors (Lipinski definition) is 2. The molecule has 1 rings (SSSR count). The van der Waals surface area contributed by atoms with Crippen LogP contribution in [0.5, 0.6) is 0 Å². The number of aliphatic imine (C=N–C) groups is 1. The van der Waals surface area contributed by atoms with Gasteiger partial charge in [0.15, 0.2) is 0 Å². The summed E-state index contributed by atoms with van der Waals surface area (Å²) in [4.78, 5) is 13.1. The van der Waals surface area contributed by atoms with E-state index in [0.29, 0.717) is 5.56 Å². The number of hydrogen-bond donors (Lipinski definition) is 0. The number of isocyanates is 1. The number of halogens is 2. The van der Waals surface area contributed by atoms with Gasteiger partial charge in [-0.15, -0.1) is 0 Å². The van der Waals surface area contributed by atoms with Gasteiger partial charge >= 0.3 is 0 Å². The minimum atomic E-state index is -0.578. The van der Waals surface area contributed by atoms with E-state index in [1.807, 2.05) is 0 Å². The fourth-order valence-corrected chi connectivity index (χ4v) is 0.988. The maximum absolute atomic E-state index is 12.8. The van der Waals surface area contributed by atoms with Crippen LogP contribution in [-0.2, 0) is 4.79 Å². The fourth-order valence-electron chi connectivity index (χ4n) is 0.837. The first-order valence-electron chi connectivity index (χ1n) is 3.18. The van der Waals surface area contributed by atoms with Crippen molar-refractivity contribution >= 4 is 23.4 Å². The van der Waals surface area contributed by atoms with Crippen LogP contribution in [0.25, 0.3) is 0 Å². The minimum absolute atomic E-state index is 0.115. The number of rotatable bonds is 1. The summed E-state index contributed by atoms with van der Waals surface area (Å²) in [5.41, 5.74) is 0.773. The summed E-state index contributed by atoms with van der Waals surface area (Å²) >= 11 is 5.50. The van der Waals surface area contributed by atoms with E-state index in [2.05, 4.69) is 4.99 Å². The smallest absolute Gasteiger partial charge is 0.211 e. The van der Waals surface area contributed by atoms with Gasteiger partial charge in [0.1, 0.15) is 10.8 Å². The summed E-state index contributed by atoms with van der Waals surface area (Å²) in [5.74, 6) is -0.578. The van der Waals surface area contributed by atoms with Gasteiger partial charge in [0.2, 0.25) is 6.08 Å². The zero-order valence-electron chi connectivity index (χ0n) is 6.27. The van der Waals surface area contributed by atoms with Crippen molar-refractivity contribution in [3.05, 3.63) is 28.5 Å². The highest BCUT2D eigenvalue weighted by molar-refractivity contribution is 6.33. The summed E-state index contributed by atoms with van der Waals surface area (Å²) in [6, 6.07) is 2.78. The molecule has 0 atom stereocenters. The van der Waals surface area contributed by atoms with Crippen LogP contribution >= 0.6 is 11.6 Å². The van der Waals surface area contributed by atoms with E-state index in [1.54, 1.807) is 6.92 Å². The monoisotopic (exact) mass is 185 g/mol. The molecule has 0 N–H and O–H groups in total. The molecular formula is C8H5ClFNO. The summed E-state index contributed by atoms with van der Waals surface area (Å²) in [5, 5.41) is -0.149. The van der Waals surface area contributed by atoms with Gasteiger partial charge in [-0.25, -0.2) is 9.18 Å². The van der Waals surface area contributed by atoms with Crippen molar-refractivity contribution in [3.8, 4) is 0 Å². The molecule has 0 heterocycles. The van der Waals surface area contributed by atoms with E-state index >= 15 is 0 Å². The zero-order chi connectivity index (χ0) is 9.14. The van der Waals surface area contributed by atoms with Crippen molar-refractivity contribution in [1.29, 1.82) is 0 Å². The van der Waals surface area contributed by atoms with Crippen LogP contribution in [0.3, 0.4) is 0 Å². The molecule has 1 aromatic carbocycles.